The van der Waals surface area contributed by atoms with Crippen molar-refractivity contribution >= 4 is 17.4 Å². The van der Waals surface area contributed by atoms with Gasteiger partial charge < -0.3 is 9.64 Å². The molecule has 1 unspecified atom stereocenters. The van der Waals surface area contributed by atoms with Crippen molar-refractivity contribution in [2.45, 2.75) is 38.7 Å². The van der Waals surface area contributed by atoms with Crippen molar-refractivity contribution < 1.29 is 4.74 Å². The average molecular weight is 269 g/mol. The molecule has 1 aromatic rings. The van der Waals surface area contributed by atoms with Gasteiger partial charge >= 0.3 is 0 Å². The Morgan fingerprint density at radius 1 is 1.50 bits per heavy atom. The molecule has 0 amide bonds. The number of hydrogen-bond acceptors (Lipinski definition) is 3. The van der Waals surface area contributed by atoms with Gasteiger partial charge in [-0.1, -0.05) is 6.07 Å². The molecule has 18 heavy (non-hydrogen) atoms. The summed E-state index contributed by atoms with van der Waals surface area (Å²) < 4.78 is 5.69. The van der Waals surface area contributed by atoms with Gasteiger partial charge in [-0.05, 0) is 38.3 Å². The Morgan fingerprint density at radius 3 is 2.89 bits per heavy atom. The molecule has 100 valence electrons. The first kappa shape index (κ1) is 13.6. The van der Waals surface area contributed by atoms with Crippen LogP contribution in [-0.2, 0) is 10.6 Å². The molecule has 1 aliphatic rings. The molecule has 1 aliphatic heterocycles. The van der Waals surface area contributed by atoms with Crippen molar-refractivity contribution in [3.05, 3.63) is 23.4 Å². The van der Waals surface area contributed by atoms with E-state index >= 15 is 0 Å². The fraction of sp³-hybridized carbons (Fsp3) is 0.643. The van der Waals surface area contributed by atoms with Gasteiger partial charge in [-0.15, -0.1) is 11.6 Å². The number of halogens is 1. The number of likely N-dealkylation sites (N-methyl/N-ethyl adjacent to an activating group) is 1. The van der Waals surface area contributed by atoms with Gasteiger partial charge in [0.2, 0.25) is 0 Å². The Bertz CT molecular complexity index is 391. The minimum absolute atomic E-state index is 0.361. The highest BCUT2D eigenvalue weighted by Crippen LogP contribution is 2.19. The summed E-state index contributed by atoms with van der Waals surface area (Å²) in [4.78, 5) is 6.92. The summed E-state index contributed by atoms with van der Waals surface area (Å²) in [6.07, 6.45) is 2.70. The summed E-state index contributed by atoms with van der Waals surface area (Å²) in [6, 6.07) is 4.13. The maximum Gasteiger partial charge on any atom is 0.128 e. The van der Waals surface area contributed by atoms with Gasteiger partial charge in [0.25, 0.3) is 0 Å². The third kappa shape index (κ3) is 3.15. The van der Waals surface area contributed by atoms with Crippen molar-refractivity contribution in [2.75, 3.05) is 24.6 Å². The minimum Gasteiger partial charge on any atom is -0.376 e. The van der Waals surface area contributed by atoms with Crippen molar-refractivity contribution in [1.29, 1.82) is 0 Å². The van der Waals surface area contributed by atoms with Crippen LogP contribution in [0.5, 0.6) is 0 Å². The molecular weight excluding hydrogens is 248 g/mol. The summed E-state index contributed by atoms with van der Waals surface area (Å²) in [5.74, 6) is 1.55. The summed E-state index contributed by atoms with van der Waals surface area (Å²) in [5, 5.41) is 0. The first-order valence-corrected chi connectivity index (χ1v) is 7.17. The summed E-state index contributed by atoms with van der Waals surface area (Å²) in [7, 11) is 0. The fourth-order valence-corrected chi connectivity index (χ4v) is 2.60. The summed E-state index contributed by atoms with van der Waals surface area (Å²) in [6.45, 7) is 6.96. The van der Waals surface area contributed by atoms with Crippen LogP contribution in [0.1, 0.15) is 31.0 Å². The van der Waals surface area contributed by atoms with E-state index in [2.05, 4.69) is 28.9 Å². The molecule has 1 atom stereocenters. The van der Waals surface area contributed by atoms with E-state index in [1.807, 2.05) is 6.92 Å². The number of ether oxygens (including phenoxy) is 1. The Labute approximate surface area is 114 Å². The molecular formula is C14H21ClN2O. The number of aromatic nitrogens is 1. The molecule has 0 spiro atoms. The van der Waals surface area contributed by atoms with Crippen LogP contribution in [0.3, 0.4) is 0 Å². The van der Waals surface area contributed by atoms with Gasteiger partial charge in [-0.25, -0.2) is 4.98 Å². The molecule has 0 aromatic carbocycles. The van der Waals surface area contributed by atoms with Crippen molar-refractivity contribution in [1.82, 2.24) is 4.98 Å². The first-order chi connectivity index (χ1) is 8.74. The average Bonchev–Trinajstić information content (AvgIpc) is 2.88. The van der Waals surface area contributed by atoms with E-state index in [1.54, 1.807) is 0 Å². The van der Waals surface area contributed by atoms with Gasteiger partial charge in [-0.3, -0.25) is 0 Å². The second-order valence-electron chi connectivity index (χ2n) is 4.72. The zero-order chi connectivity index (χ0) is 13.0. The molecule has 2 rings (SSSR count). The monoisotopic (exact) mass is 268 g/mol. The normalized spacial score (nSPS) is 19.2. The molecule has 1 fully saturated rings. The minimum atomic E-state index is 0.361. The third-order valence-electron chi connectivity index (χ3n) is 3.48. The van der Waals surface area contributed by atoms with Crippen LogP contribution >= 0.6 is 11.6 Å². The number of aryl methyl sites for hydroxylation is 1. The Balaban J connectivity index is 2.08. The fourth-order valence-electron chi connectivity index (χ4n) is 2.31. The zero-order valence-electron chi connectivity index (χ0n) is 11.2. The molecule has 0 aliphatic carbocycles. The lowest BCUT2D eigenvalue weighted by molar-refractivity contribution is 0.115. The second-order valence-corrected chi connectivity index (χ2v) is 4.99. The van der Waals surface area contributed by atoms with Gasteiger partial charge in [0.05, 0.1) is 6.10 Å². The van der Waals surface area contributed by atoms with E-state index in [1.165, 1.54) is 6.42 Å². The van der Waals surface area contributed by atoms with E-state index in [9.17, 15) is 0 Å². The Kier molecular flexibility index (Phi) is 4.84. The molecule has 2 heterocycles. The van der Waals surface area contributed by atoms with Crippen LogP contribution in [0, 0.1) is 6.92 Å². The molecule has 3 nitrogen and oxygen atoms in total. The van der Waals surface area contributed by atoms with Crippen molar-refractivity contribution in [3.63, 3.8) is 0 Å². The summed E-state index contributed by atoms with van der Waals surface area (Å²) in [5.41, 5.74) is 2.13. The number of pyridine rings is 1. The number of nitrogens with zero attached hydrogens (tertiary/aromatic N) is 2. The Hall–Kier alpha value is -0.800. The van der Waals surface area contributed by atoms with E-state index in [4.69, 9.17) is 16.3 Å². The maximum atomic E-state index is 5.86. The van der Waals surface area contributed by atoms with Crippen molar-refractivity contribution in [2.24, 2.45) is 0 Å². The van der Waals surface area contributed by atoms with E-state index in [0.717, 1.165) is 43.2 Å². The smallest absolute Gasteiger partial charge is 0.128 e. The number of alkyl halides is 1. The van der Waals surface area contributed by atoms with Crippen LogP contribution in [0.4, 0.5) is 5.82 Å². The lowest BCUT2D eigenvalue weighted by Crippen LogP contribution is -2.32. The quantitative estimate of drug-likeness (QED) is 0.767. The largest absolute Gasteiger partial charge is 0.376 e. The zero-order valence-corrected chi connectivity index (χ0v) is 11.9. The highest BCUT2D eigenvalue weighted by molar-refractivity contribution is 6.17. The third-order valence-corrected chi connectivity index (χ3v) is 3.77. The lowest BCUT2D eigenvalue weighted by atomic mass is 10.2. The SMILES string of the molecule is CCN(CC1CCCO1)c1ccc(CCl)c(C)n1. The molecule has 0 radical (unpaired) electrons. The highest BCUT2D eigenvalue weighted by atomic mass is 35.5. The van der Waals surface area contributed by atoms with Gasteiger partial charge in [0.1, 0.15) is 5.82 Å². The Morgan fingerprint density at radius 2 is 2.33 bits per heavy atom. The predicted octanol–water partition coefficient (Wildman–Crippen LogP) is 3.13. The number of anilines is 1. The van der Waals surface area contributed by atoms with E-state index in [-0.39, 0.29) is 0 Å². The first-order valence-electron chi connectivity index (χ1n) is 6.63. The highest BCUT2D eigenvalue weighted by Gasteiger charge is 2.19. The molecule has 0 bridgehead atoms. The van der Waals surface area contributed by atoms with Crippen LogP contribution < -0.4 is 4.90 Å². The van der Waals surface area contributed by atoms with Crippen LogP contribution in [0.2, 0.25) is 0 Å². The topological polar surface area (TPSA) is 25.4 Å². The van der Waals surface area contributed by atoms with E-state index < -0.39 is 0 Å². The molecule has 4 heteroatoms. The maximum absolute atomic E-state index is 5.86. The van der Waals surface area contributed by atoms with Crippen molar-refractivity contribution in [3.8, 4) is 0 Å². The lowest BCUT2D eigenvalue weighted by Gasteiger charge is -2.25. The van der Waals surface area contributed by atoms with Crippen LogP contribution in [-0.4, -0.2) is 30.8 Å². The molecule has 1 aromatic heterocycles. The second kappa shape index (κ2) is 6.39. The predicted molar refractivity (Wildman–Crippen MR) is 75.4 cm³/mol. The van der Waals surface area contributed by atoms with Crippen LogP contribution in [0.15, 0.2) is 12.1 Å². The van der Waals surface area contributed by atoms with Gasteiger partial charge in [0.15, 0.2) is 0 Å². The molecule has 1 saturated heterocycles. The van der Waals surface area contributed by atoms with E-state index in [0.29, 0.717) is 12.0 Å². The number of rotatable bonds is 5. The van der Waals surface area contributed by atoms with Gasteiger partial charge in [0, 0.05) is 31.3 Å². The number of hydrogen-bond donors (Lipinski definition) is 0. The standard InChI is InChI=1S/C14H21ClN2O/c1-3-17(10-13-5-4-8-18-13)14-7-6-12(9-15)11(2)16-14/h6-7,13H,3-5,8-10H2,1-2H3. The van der Waals surface area contributed by atoms with Gasteiger partial charge in [-0.2, -0.15) is 0 Å². The van der Waals surface area contributed by atoms with Crippen LogP contribution in [0.25, 0.3) is 0 Å². The molecule has 0 saturated carbocycles. The summed E-state index contributed by atoms with van der Waals surface area (Å²) >= 11 is 5.86. The molecule has 0 N–H and O–H groups in total.